The Kier molecular flexibility index (Phi) is 4.04. The molecule has 0 aromatic carbocycles. The third-order valence-corrected chi connectivity index (χ3v) is 1.23. The minimum absolute atomic E-state index is 0.103. The van der Waals surface area contributed by atoms with Crippen LogP contribution in [0.15, 0.2) is 0 Å². The molecule has 0 fully saturated rings. The molecular formula is C9H20O2. The Hall–Kier alpha value is -0.0800. The third kappa shape index (κ3) is 7.82. The van der Waals surface area contributed by atoms with Crippen molar-refractivity contribution >= 4 is 0 Å². The molecule has 0 aromatic rings. The van der Waals surface area contributed by atoms with E-state index < -0.39 is 0 Å². The Balaban J connectivity index is 3.61. The van der Waals surface area contributed by atoms with E-state index >= 15 is 0 Å². The first kappa shape index (κ1) is 10.9. The summed E-state index contributed by atoms with van der Waals surface area (Å²) in [6.07, 6.45) is 0.569. The molecule has 0 spiro atoms. The standard InChI is InChI=1S/C9H20O2/c1-7(10)6-8(2)11-9(3,4)5/h7-8,10H,6H2,1-5H3. The Morgan fingerprint density at radius 3 is 2.00 bits per heavy atom. The predicted molar refractivity (Wildman–Crippen MR) is 46.6 cm³/mol. The number of hydrogen-bond acceptors (Lipinski definition) is 2. The van der Waals surface area contributed by atoms with Crippen molar-refractivity contribution in [2.45, 2.75) is 58.8 Å². The van der Waals surface area contributed by atoms with Gasteiger partial charge in [0.2, 0.25) is 0 Å². The molecule has 0 aliphatic carbocycles. The molecule has 0 bridgehead atoms. The van der Waals surface area contributed by atoms with Gasteiger partial charge in [-0.15, -0.1) is 0 Å². The zero-order valence-corrected chi connectivity index (χ0v) is 8.22. The van der Waals surface area contributed by atoms with Crippen molar-refractivity contribution in [3.63, 3.8) is 0 Å². The molecule has 68 valence electrons. The molecule has 2 unspecified atom stereocenters. The van der Waals surface area contributed by atoms with E-state index in [0.29, 0.717) is 6.42 Å². The van der Waals surface area contributed by atoms with E-state index in [9.17, 15) is 0 Å². The highest BCUT2D eigenvalue weighted by Crippen LogP contribution is 2.13. The van der Waals surface area contributed by atoms with Crippen molar-refractivity contribution in [1.29, 1.82) is 0 Å². The summed E-state index contributed by atoms with van der Waals surface area (Å²) in [5, 5.41) is 9.04. The molecule has 2 atom stereocenters. The third-order valence-electron chi connectivity index (χ3n) is 1.23. The SMILES string of the molecule is CC(O)CC(C)OC(C)(C)C. The Bertz CT molecular complexity index is 103. The van der Waals surface area contributed by atoms with Crippen LogP contribution in [0.3, 0.4) is 0 Å². The lowest BCUT2D eigenvalue weighted by molar-refractivity contribution is -0.0661. The maximum Gasteiger partial charge on any atom is 0.0602 e. The van der Waals surface area contributed by atoms with Gasteiger partial charge in [0.15, 0.2) is 0 Å². The average Bonchev–Trinajstić information content (AvgIpc) is 1.53. The highest BCUT2D eigenvalue weighted by Gasteiger charge is 2.15. The lowest BCUT2D eigenvalue weighted by atomic mass is 10.1. The molecule has 0 saturated carbocycles. The summed E-state index contributed by atoms with van der Waals surface area (Å²) in [6, 6.07) is 0. The van der Waals surface area contributed by atoms with Gasteiger partial charge < -0.3 is 9.84 Å². The van der Waals surface area contributed by atoms with Crippen LogP contribution in [0.2, 0.25) is 0 Å². The van der Waals surface area contributed by atoms with E-state index in [1.165, 1.54) is 0 Å². The predicted octanol–water partition coefficient (Wildman–Crippen LogP) is 1.96. The van der Waals surface area contributed by atoms with Crippen LogP contribution in [0, 0.1) is 0 Å². The van der Waals surface area contributed by atoms with Crippen LogP contribution in [-0.2, 0) is 4.74 Å². The van der Waals surface area contributed by atoms with Gasteiger partial charge in [0.25, 0.3) is 0 Å². The van der Waals surface area contributed by atoms with Crippen LogP contribution in [0.25, 0.3) is 0 Å². The van der Waals surface area contributed by atoms with Crippen molar-refractivity contribution < 1.29 is 9.84 Å². The maximum absolute atomic E-state index is 9.04. The zero-order chi connectivity index (χ0) is 9.07. The Labute approximate surface area is 69.6 Å². The second-order valence-electron chi connectivity index (χ2n) is 4.13. The van der Waals surface area contributed by atoms with Gasteiger partial charge in [-0.05, 0) is 41.0 Å². The molecule has 2 heteroatoms. The number of aliphatic hydroxyl groups is 1. The van der Waals surface area contributed by atoms with Crippen LogP contribution in [-0.4, -0.2) is 22.9 Å². The van der Waals surface area contributed by atoms with E-state index in [1.54, 1.807) is 6.92 Å². The fourth-order valence-electron chi connectivity index (χ4n) is 1.13. The zero-order valence-electron chi connectivity index (χ0n) is 8.22. The summed E-state index contributed by atoms with van der Waals surface area (Å²) in [5.41, 5.74) is -0.103. The second kappa shape index (κ2) is 4.07. The molecule has 0 rings (SSSR count). The second-order valence-corrected chi connectivity index (χ2v) is 4.13. The lowest BCUT2D eigenvalue weighted by Gasteiger charge is -2.25. The van der Waals surface area contributed by atoms with Gasteiger partial charge in [-0.1, -0.05) is 0 Å². The molecule has 0 aliphatic heterocycles. The van der Waals surface area contributed by atoms with Crippen LogP contribution >= 0.6 is 0 Å². The molecule has 0 saturated heterocycles. The van der Waals surface area contributed by atoms with Crippen molar-refractivity contribution in [3.05, 3.63) is 0 Å². The summed E-state index contributed by atoms with van der Waals surface area (Å²) in [5.74, 6) is 0. The van der Waals surface area contributed by atoms with E-state index in [1.807, 2.05) is 27.7 Å². The number of aliphatic hydroxyl groups excluding tert-OH is 1. The molecule has 0 amide bonds. The van der Waals surface area contributed by atoms with Crippen LogP contribution in [0.5, 0.6) is 0 Å². The topological polar surface area (TPSA) is 29.5 Å². The van der Waals surface area contributed by atoms with Crippen LogP contribution in [0.1, 0.15) is 41.0 Å². The molecular weight excluding hydrogens is 140 g/mol. The van der Waals surface area contributed by atoms with Crippen molar-refractivity contribution in [2.24, 2.45) is 0 Å². The highest BCUT2D eigenvalue weighted by atomic mass is 16.5. The Morgan fingerprint density at radius 2 is 1.73 bits per heavy atom. The minimum Gasteiger partial charge on any atom is -0.393 e. The van der Waals surface area contributed by atoms with Crippen molar-refractivity contribution in [3.8, 4) is 0 Å². The molecule has 0 radical (unpaired) electrons. The van der Waals surface area contributed by atoms with Gasteiger partial charge in [-0.2, -0.15) is 0 Å². The molecule has 0 heterocycles. The number of rotatable bonds is 3. The van der Waals surface area contributed by atoms with E-state index in [0.717, 1.165) is 0 Å². The Morgan fingerprint density at radius 1 is 1.27 bits per heavy atom. The average molecular weight is 160 g/mol. The fourth-order valence-corrected chi connectivity index (χ4v) is 1.13. The van der Waals surface area contributed by atoms with Crippen LogP contribution in [0.4, 0.5) is 0 Å². The van der Waals surface area contributed by atoms with Gasteiger partial charge >= 0.3 is 0 Å². The summed E-state index contributed by atoms with van der Waals surface area (Å²) in [6.45, 7) is 9.82. The molecule has 2 nitrogen and oxygen atoms in total. The molecule has 0 aliphatic rings. The molecule has 1 N–H and O–H groups in total. The minimum atomic E-state index is -0.271. The van der Waals surface area contributed by atoms with Crippen molar-refractivity contribution in [2.75, 3.05) is 0 Å². The number of ether oxygens (including phenoxy) is 1. The van der Waals surface area contributed by atoms with E-state index in [4.69, 9.17) is 9.84 Å². The maximum atomic E-state index is 9.04. The van der Waals surface area contributed by atoms with Crippen molar-refractivity contribution in [1.82, 2.24) is 0 Å². The summed E-state index contributed by atoms with van der Waals surface area (Å²) in [7, 11) is 0. The van der Waals surface area contributed by atoms with E-state index in [-0.39, 0.29) is 17.8 Å². The summed E-state index contributed by atoms with van der Waals surface area (Å²) < 4.78 is 5.59. The van der Waals surface area contributed by atoms with Gasteiger partial charge in [0.1, 0.15) is 0 Å². The number of hydrogen-bond donors (Lipinski definition) is 1. The van der Waals surface area contributed by atoms with Gasteiger partial charge in [0, 0.05) is 0 Å². The summed E-state index contributed by atoms with van der Waals surface area (Å²) in [4.78, 5) is 0. The quantitative estimate of drug-likeness (QED) is 0.684. The highest BCUT2D eigenvalue weighted by molar-refractivity contribution is 4.64. The lowest BCUT2D eigenvalue weighted by Crippen LogP contribution is -2.27. The monoisotopic (exact) mass is 160 g/mol. The fraction of sp³-hybridized carbons (Fsp3) is 1.00. The first-order chi connectivity index (χ1) is 4.81. The molecule has 0 aromatic heterocycles. The summed E-state index contributed by atoms with van der Waals surface area (Å²) >= 11 is 0. The normalized spacial score (nSPS) is 18.0. The first-order valence-electron chi connectivity index (χ1n) is 4.17. The van der Waals surface area contributed by atoms with Crippen LogP contribution < -0.4 is 0 Å². The van der Waals surface area contributed by atoms with Gasteiger partial charge in [-0.25, -0.2) is 0 Å². The first-order valence-corrected chi connectivity index (χ1v) is 4.17. The smallest absolute Gasteiger partial charge is 0.0602 e. The molecule has 11 heavy (non-hydrogen) atoms. The largest absolute Gasteiger partial charge is 0.393 e. The van der Waals surface area contributed by atoms with E-state index in [2.05, 4.69) is 0 Å². The van der Waals surface area contributed by atoms with Gasteiger partial charge in [-0.3, -0.25) is 0 Å². The van der Waals surface area contributed by atoms with Gasteiger partial charge in [0.05, 0.1) is 17.8 Å².